The van der Waals surface area contributed by atoms with Gasteiger partial charge in [0.1, 0.15) is 24.1 Å². The lowest BCUT2D eigenvalue weighted by molar-refractivity contribution is -0.141. The van der Waals surface area contributed by atoms with Crippen molar-refractivity contribution in [3.05, 3.63) is 77.2 Å². The molecule has 1 aliphatic carbocycles. The fourth-order valence-corrected chi connectivity index (χ4v) is 4.00. The van der Waals surface area contributed by atoms with Crippen LogP contribution in [-0.4, -0.2) is 41.4 Å². The van der Waals surface area contributed by atoms with Crippen LogP contribution in [0.3, 0.4) is 0 Å². The first-order valence-electron chi connectivity index (χ1n) is 11.0. The Kier molecular flexibility index (Phi) is 6.91. The Balaban J connectivity index is 1.30. The van der Waals surface area contributed by atoms with E-state index in [9.17, 15) is 14.4 Å². The number of amides is 2. The van der Waals surface area contributed by atoms with Gasteiger partial charge >= 0.3 is 12.1 Å². The van der Waals surface area contributed by atoms with Crippen molar-refractivity contribution >= 4 is 18.0 Å². The summed E-state index contributed by atoms with van der Waals surface area (Å²) in [7, 11) is 0. The summed E-state index contributed by atoms with van der Waals surface area (Å²) in [6.45, 7) is 1.88. The SMILES string of the molecule is CC(CCNC(=O)c1conc1CNC(=O)OCC1c2ccccc2-c2ccccc21)C(=O)O. The summed E-state index contributed by atoms with van der Waals surface area (Å²) in [6.07, 6.45) is 0.844. The molecule has 1 unspecified atom stereocenters. The van der Waals surface area contributed by atoms with E-state index in [2.05, 4.69) is 27.9 Å². The van der Waals surface area contributed by atoms with Gasteiger partial charge in [0.15, 0.2) is 0 Å². The Hall–Kier alpha value is -4.14. The van der Waals surface area contributed by atoms with E-state index in [0.29, 0.717) is 6.42 Å². The molecule has 9 heteroatoms. The number of aromatic nitrogens is 1. The average Bonchev–Trinajstić information content (AvgIpc) is 3.44. The van der Waals surface area contributed by atoms with Crippen molar-refractivity contribution in [1.29, 1.82) is 0 Å². The zero-order chi connectivity index (χ0) is 24.1. The molecule has 0 aliphatic heterocycles. The summed E-state index contributed by atoms with van der Waals surface area (Å²) >= 11 is 0. The Morgan fingerprint density at radius 2 is 1.71 bits per heavy atom. The molecule has 0 saturated carbocycles. The highest BCUT2D eigenvalue weighted by molar-refractivity contribution is 5.95. The van der Waals surface area contributed by atoms with Crippen LogP contribution in [0.2, 0.25) is 0 Å². The smallest absolute Gasteiger partial charge is 0.407 e. The summed E-state index contributed by atoms with van der Waals surface area (Å²) in [6, 6.07) is 16.1. The quantitative estimate of drug-likeness (QED) is 0.442. The minimum atomic E-state index is -0.924. The molecule has 0 spiro atoms. The number of benzene rings is 2. The first kappa shape index (κ1) is 23.0. The second-order valence-electron chi connectivity index (χ2n) is 8.14. The molecule has 0 radical (unpaired) electrons. The predicted octanol–water partition coefficient (Wildman–Crippen LogP) is 3.55. The minimum Gasteiger partial charge on any atom is -0.481 e. The van der Waals surface area contributed by atoms with Crippen molar-refractivity contribution in [1.82, 2.24) is 15.8 Å². The molecule has 2 aromatic carbocycles. The molecular formula is C25H25N3O6. The number of carbonyl (C=O) groups is 3. The number of ether oxygens (including phenoxy) is 1. The molecule has 2 amide bonds. The molecule has 176 valence electrons. The standard InChI is InChI=1S/C25H25N3O6/c1-15(24(30)31)10-11-26-23(29)21-14-34-28-22(21)12-27-25(32)33-13-20-18-8-4-2-6-16(18)17-7-3-5-9-19(17)20/h2-9,14-15,20H,10-13H2,1H3,(H,26,29)(H,27,32)(H,30,31). The Bertz CT molecular complexity index is 1160. The van der Waals surface area contributed by atoms with Gasteiger partial charge < -0.3 is 25.0 Å². The highest BCUT2D eigenvalue weighted by Crippen LogP contribution is 2.44. The van der Waals surface area contributed by atoms with Crippen LogP contribution in [0.4, 0.5) is 4.79 Å². The third-order valence-corrected chi connectivity index (χ3v) is 5.92. The maximum Gasteiger partial charge on any atom is 0.407 e. The van der Waals surface area contributed by atoms with Crippen molar-refractivity contribution in [2.45, 2.75) is 25.8 Å². The fraction of sp³-hybridized carbons (Fsp3) is 0.280. The van der Waals surface area contributed by atoms with Gasteiger partial charge in [0.25, 0.3) is 5.91 Å². The van der Waals surface area contributed by atoms with E-state index in [1.807, 2.05) is 36.4 Å². The average molecular weight is 463 g/mol. The number of carboxylic acids is 1. The summed E-state index contributed by atoms with van der Waals surface area (Å²) in [5.74, 6) is -2.01. The molecule has 0 fully saturated rings. The van der Waals surface area contributed by atoms with Gasteiger partial charge in [-0.2, -0.15) is 0 Å². The van der Waals surface area contributed by atoms with Crippen molar-refractivity contribution in [2.24, 2.45) is 5.92 Å². The zero-order valence-corrected chi connectivity index (χ0v) is 18.6. The van der Waals surface area contributed by atoms with Crippen molar-refractivity contribution in [3.63, 3.8) is 0 Å². The zero-order valence-electron chi connectivity index (χ0n) is 18.6. The van der Waals surface area contributed by atoms with E-state index in [1.165, 1.54) is 6.26 Å². The number of aliphatic carboxylic acids is 1. The highest BCUT2D eigenvalue weighted by atomic mass is 16.5. The number of alkyl carbamates (subject to hydrolysis) is 1. The summed E-state index contributed by atoms with van der Waals surface area (Å²) < 4.78 is 10.4. The van der Waals surface area contributed by atoms with Gasteiger partial charge in [0, 0.05) is 12.5 Å². The van der Waals surface area contributed by atoms with Crippen LogP contribution in [0.15, 0.2) is 59.3 Å². The van der Waals surface area contributed by atoms with E-state index in [-0.39, 0.29) is 36.9 Å². The topological polar surface area (TPSA) is 131 Å². The molecule has 1 atom stereocenters. The molecule has 1 aromatic heterocycles. The Morgan fingerprint density at radius 3 is 2.35 bits per heavy atom. The first-order valence-corrected chi connectivity index (χ1v) is 11.0. The lowest BCUT2D eigenvalue weighted by Crippen LogP contribution is -2.29. The van der Waals surface area contributed by atoms with Gasteiger partial charge in [-0.1, -0.05) is 60.6 Å². The third-order valence-electron chi connectivity index (χ3n) is 5.92. The largest absolute Gasteiger partial charge is 0.481 e. The molecule has 1 heterocycles. The van der Waals surface area contributed by atoms with E-state index in [4.69, 9.17) is 14.4 Å². The molecule has 0 saturated heterocycles. The van der Waals surface area contributed by atoms with E-state index in [1.54, 1.807) is 6.92 Å². The van der Waals surface area contributed by atoms with Gasteiger partial charge in [-0.3, -0.25) is 9.59 Å². The van der Waals surface area contributed by atoms with Gasteiger partial charge in [-0.05, 0) is 28.7 Å². The summed E-state index contributed by atoms with van der Waals surface area (Å²) in [4.78, 5) is 35.6. The second-order valence-corrected chi connectivity index (χ2v) is 8.14. The molecule has 1 aliphatic rings. The minimum absolute atomic E-state index is 0.0541. The summed E-state index contributed by atoms with van der Waals surface area (Å²) in [5, 5.41) is 17.9. The predicted molar refractivity (Wildman–Crippen MR) is 122 cm³/mol. The molecule has 0 bridgehead atoms. The number of nitrogens with zero attached hydrogens (tertiary/aromatic N) is 1. The summed E-state index contributed by atoms with van der Waals surface area (Å²) in [5.41, 5.74) is 4.93. The number of carboxylic acid groups (broad SMARTS) is 1. The molecule has 9 nitrogen and oxygen atoms in total. The second kappa shape index (κ2) is 10.2. The van der Waals surface area contributed by atoms with E-state index in [0.717, 1.165) is 22.3 Å². The van der Waals surface area contributed by atoms with Crippen molar-refractivity contribution < 1.29 is 28.8 Å². The number of nitrogens with one attached hydrogen (secondary N) is 2. The van der Waals surface area contributed by atoms with Gasteiger partial charge in [-0.15, -0.1) is 0 Å². The number of hydrogen-bond acceptors (Lipinski definition) is 6. The van der Waals surface area contributed by atoms with Crippen LogP contribution in [0, 0.1) is 5.92 Å². The number of rotatable bonds is 9. The first-order chi connectivity index (χ1) is 16.5. The lowest BCUT2D eigenvalue weighted by atomic mass is 9.98. The normalized spacial score (nSPS) is 13.0. The molecular weight excluding hydrogens is 438 g/mol. The van der Waals surface area contributed by atoms with Crippen molar-refractivity contribution in [2.75, 3.05) is 13.2 Å². The van der Waals surface area contributed by atoms with Crippen LogP contribution < -0.4 is 10.6 Å². The van der Waals surface area contributed by atoms with Gasteiger partial charge in [-0.25, -0.2) is 4.79 Å². The lowest BCUT2D eigenvalue weighted by Gasteiger charge is -2.14. The van der Waals surface area contributed by atoms with Crippen LogP contribution in [0.1, 0.15) is 46.4 Å². The molecule has 34 heavy (non-hydrogen) atoms. The van der Waals surface area contributed by atoms with Gasteiger partial charge in [0.05, 0.1) is 12.5 Å². The van der Waals surface area contributed by atoms with Crippen LogP contribution >= 0.6 is 0 Å². The number of fused-ring (bicyclic) bond motifs is 3. The van der Waals surface area contributed by atoms with Crippen LogP contribution in [0.5, 0.6) is 0 Å². The maximum absolute atomic E-state index is 12.4. The van der Waals surface area contributed by atoms with E-state index < -0.39 is 23.9 Å². The third kappa shape index (κ3) is 4.93. The number of carbonyl (C=O) groups excluding carboxylic acids is 2. The van der Waals surface area contributed by atoms with Crippen molar-refractivity contribution in [3.8, 4) is 11.1 Å². The molecule has 3 aromatic rings. The molecule has 3 N–H and O–H groups in total. The highest BCUT2D eigenvalue weighted by Gasteiger charge is 2.29. The van der Waals surface area contributed by atoms with E-state index >= 15 is 0 Å². The fourth-order valence-electron chi connectivity index (χ4n) is 4.00. The van der Waals surface area contributed by atoms with Gasteiger partial charge in [0.2, 0.25) is 0 Å². The monoisotopic (exact) mass is 463 g/mol. The number of hydrogen-bond donors (Lipinski definition) is 3. The molecule has 4 rings (SSSR count). The van der Waals surface area contributed by atoms with Crippen LogP contribution in [0.25, 0.3) is 11.1 Å². The Morgan fingerprint density at radius 1 is 1.06 bits per heavy atom. The maximum atomic E-state index is 12.4. The Labute approximate surface area is 196 Å². The van der Waals surface area contributed by atoms with Crippen LogP contribution in [-0.2, 0) is 16.1 Å².